The summed E-state index contributed by atoms with van der Waals surface area (Å²) in [6, 6.07) is 16.9. The Morgan fingerprint density at radius 3 is 2.71 bits per heavy atom. The molecular formula is C25H24N4O5. The minimum absolute atomic E-state index is 0.00274. The van der Waals surface area contributed by atoms with Gasteiger partial charge in [0.2, 0.25) is 0 Å². The molecule has 9 nitrogen and oxygen atoms in total. The van der Waals surface area contributed by atoms with E-state index in [1.807, 2.05) is 15.5 Å². The van der Waals surface area contributed by atoms with Crippen LogP contribution in [0.4, 0.5) is 17.1 Å². The minimum Gasteiger partial charge on any atom is -0.495 e. The number of hydrogen-bond acceptors (Lipinski definition) is 6. The largest absolute Gasteiger partial charge is 0.495 e. The first-order chi connectivity index (χ1) is 16.4. The van der Waals surface area contributed by atoms with Crippen molar-refractivity contribution in [1.82, 2.24) is 4.57 Å². The third-order valence-corrected chi connectivity index (χ3v) is 6.61. The second kappa shape index (κ2) is 8.66. The first-order valence-electron chi connectivity index (χ1n) is 11.1. The van der Waals surface area contributed by atoms with Gasteiger partial charge in [0, 0.05) is 48.9 Å². The van der Waals surface area contributed by atoms with Gasteiger partial charge in [-0.05, 0) is 42.7 Å². The van der Waals surface area contributed by atoms with E-state index in [9.17, 15) is 19.7 Å². The van der Waals surface area contributed by atoms with Crippen LogP contribution in [0, 0.1) is 16.0 Å². The van der Waals surface area contributed by atoms with E-state index < -0.39 is 10.8 Å². The number of nitro benzene ring substituents is 1. The maximum absolute atomic E-state index is 12.8. The van der Waals surface area contributed by atoms with Gasteiger partial charge in [-0.25, -0.2) is 0 Å². The second-order valence-electron chi connectivity index (χ2n) is 8.72. The lowest BCUT2D eigenvalue weighted by atomic mass is 9.83. The van der Waals surface area contributed by atoms with Crippen LogP contribution in [0.5, 0.6) is 5.75 Å². The van der Waals surface area contributed by atoms with Crippen LogP contribution in [0.25, 0.3) is 0 Å². The summed E-state index contributed by atoms with van der Waals surface area (Å²) in [7, 11) is 1.51. The second-order valence-corrected chi connectivity index (χ2v) is 8.72. The number of nitrogens with zero attached hydrogens (tertiary/aromatic N) is 3. The molecule has 2 aliphatic heterocycles. The molecule has 9 heteroatoms. The number of para-hydroxylation sites is 2. The van der Waals surface area contributed by atoms with Crippen LogP contribution in [0.3, 0.4) is 0 Å². The molecule has 2 aliphatic rings. The molecule has 0 aliphatic carbocycles. The number of rotatable bonds is 5. The van der Waals surface area contributed by atoms with E-state index in [1.165, 1.54) is 13.2 Å². The number of benzene rings is 2. The predicted octanol–water partition coefficient (Wildman–Crippen LogP) is 3.64. The molecule has 0 spiro atoms. The van der Waals surface area contributed by atoms with E-state index >= 15 is 0 Å². The Bertz CT molecular complexity index is 1330. The summed E-state index contributed by atoms with van der Waals surface area (Å²) in [4.78, 5) is 38.7. The van der Waals surface area contributed by atoms with E-state index in [4.69, 9.17) is 4.74 Å². The van der Waals surface area contributed by atoms with Gasteiger partial charge in [-0.2, -0.15) is 0 Å². The van der Waals surface area contributed by atoms with Crippen molar-refractivity contribution in [2.24, 2.45) is 5.92 Å². The lowest BCUT2D eigenvalue weighted by Gasteiger charge is -2.43. The molecule has 2 unspecified atom stereocenters. The monoisotopic (exact) mass is 460 g/mol. The standard InChI is InChI=1S/C25H24N4O5/c1-34-23-7-3-2-5-19(23)26-25(31)17-9-10-21(22(12-17)29(32)33)27-13-16-11-18(15-27)20-6-4-8-24(30)28(20)14-16/h2-10,12,16,18H,11,13-15H2,1H3,(H,26,31). The summed E-state index contributed by atoms with van der Waals surface area (Å²) in [5.74, 6) is 0.387. The smallest absolute Gasteiger partial charge is 0.293 e. The Labute approximate surface area is 195 Å². The number of amides is 1. The molecule has 1 N–H and O–H groups in total. The van der Waals surface area contributed by atoms with Gasteiger partial charge in [0.1, 0.15) is 11.4 Å². The predicted molar refractivity (Wildman–Crippen MR) is 128 cm³/mol. The molecule has 5 rings (SSSR count). The molecule has 174 valence electrons. The minimum atomic E-state index is -0.456. The first kappa shape index (κ1) is 21.7. The number of pyridine rings is 1. The average molecular weight is 460 g/mol. The molecule has 1 saturated heterocycles. The number of nitrogens with one attached hydrogen (secondary N) is 1. The van der Waals surface area contributed by atoms with Crippen molar-refractivity contribution >= 4 is 23.0 Å². The van der Waals surface area contributed by atoms with E-state index in [0.29, 0.717) is 36.8 Å². The van der Waals surface area contributed by atoms with Gasteiger partial charge in [0.15, 0.2) is 0 Å². The van der Waals surface area contributed by atoms with Crippen LogP contribution < -0.4 is 20.5 Å². The van der Waals surface area contributed by atoms with Gasteiger partial charge < -0.3 is 19.5 Å². The number of hydrogen-bond donors (Lipinski definition) is 1. The van der Waals surface area contributed by atoms with Gasteiger partial charge in [-0.3, -0.25) is 19.7 Å². The Morgan fingerprint density at radius 1 is 1.09 bits per heavy atom. The molecule has 2 aromatic carbocycles. The van der Waals surface area contributed by atoms with Crippen LogP contribution in [-0.4, -0.2) is 35.6 Å². The molecule has 34 heavy (non-hydrogen) atoms. The Hall–Kier alpha value is -4.14. The quantitative estimate of drug-likeness (QED) is 0.460. The van der Waals surface area contributed by atoms with Crippen molar-refractivity contribution < 1.29 is 14.5 Å². The summed E-state index contributed by atoms with van der Waals surface area (Å²) in [5.41, 5.74) is 2.02. The van der Waals surface area contributed by atoms with Crippen molar-refractivity contribution in [1.29, 1.82) is 0 Å². The first-order valence-corrected chi connectivity index (χ1v) is 11.1. The zero-order chi connectivity index (χ0) is 23.8. The fraction of sp³-hybridized carbons (Fsp3) is 0.280. The summed E-state index contributed by atoms with van der Waals surface area (Å²) < 4.78 is 7.09. The molecule has 1 fully saturated rings. The lowest BCUT2D eigenvalue weighted by molar-refractivity contribution is -0.384. The van der Waals surface area contributed by atoms with E-state index in [2.05, 4.69) is 5.32 Å². The maximum atomic E-state index is 12.8. The van der Waals surface area contributed by atoms with Crippen LogP contribution >= 0.6 is 0 Å². The van der Waals surface area contributed by atoms with Crippen molar-refractivity contribution in [3.8, 4) is 5.75 Å². The number of carbonyl (C=O) groups is 1. The molecule has 3 aromatic rings. The summed E-state index contributed by atoms with van der Waals surface area (Å²) in [6.07, 6.45) is 0.952. The van der Waals surface area contributed by atoms with Gasteiger partial charge in [-0.1, -0.05) is 18.2 Å². The zero-order valence-corrected chi connectivity index (χ0v) is 18.6. The van der Waals surface area contributed by atoms with E-state index in [1.54, 1.807) is 48.5 Å². The topological polar surface area (TPSA) is 107 Å². The van der Waals surface area contributed by atoms with Crippen LogP contribution in [0.15, 0.2) is 65.5 Å². The van der Waals surface area contributed by atoms with Crippen molar-refractivity contribution in [2.45, 2.75) is 18.9 Å². The molecule has 2 bridgehead atoms. The molecule has 0 saturated carbocycles. The Balaban J connectivity index is 1.43. The Morgan fingerprint density at radius 2 is 1.91 bits per heavy atom. The van der Waals surface area contributed by atoms with E-state index in [-0.39, 0.29) is 28.6 Å². The van der Waals surface area contributed by atoms with Crippen molar-refractivity contribution in [3.63, 3.8) is 0 Å². The fourth-order valence-electron chi connectivity index (χ4n) is 5.11. The van der Waals surface area contributed by atoms with Crippen LogP contribution in [0.2, 0.25) is 0 Å². The molecule has 1 aromatic heterocycles. The Kier molecular flexibility index (Phi) is 5.53. The van der Waals surface area contributed by atoms with Crippen LogP contribution in [-0.2, 0) is 6.54 Å². The van der Waals surface area contributed by atoms with Gasteiger partial charge in [0.25, 0.3) is 17.2 Å². The zero-order valence-electron chi connectivity index (χ0n) is 18.6. The number of carbonyl (C=O) groups excluding carboxylic acids is 1. The van der Waals surface area contributed by atoms with Crippen LogP contribution in [0.1, 0.15) is 28.4 Å². The number of piperidine rings is 1. The summed E-state index contributed by atoms with van der Waals surface area (Å²) >= 11 is 0. The normalized spacial score (nSPS) is 18.7. The third-order valence-electron chi connectivity index (χ3n) is 6.61. The summed E-state index contributed by atoms with van der Waals surface area (Å²) in [6.45, 7) is 1.80. The average Bonchev–Trinajstić information content (AvgIpc) is 2.84. The number of ether oxygens (including phenoxy) is 1. The number of anilines is 2. The number of methoxy groups -OCH3 is 1. The SMILES string of the molecule is COc1ccccc1NC(=O)c1ccc(N2CC3CC(C2)c2cccc(=O)n2C3)c([N+](=O)[O-])c1. The number of aromatic nitrogens is 1. The fourth-order valence-corrected chi connectivity index (χ4v) is 5.11. The summed E-state index contributed by atoms with van der Waals surface area (Å²) in [5, 5.41) is 14.7. The van der Waals surface area contributed by atoms with E-state index in [0.717, 1.165) is 12.1 Å². The molecule has 3 heterocycles. The van der Waals surface area contributed by atoms with Gasteiger partial charge in [0.05, 0.1) is 17.7 Å². The molecule has 1 amide bonds. The van der Waals surface area contributed by atoms with Crippen molar-refractivity contribution in [3.05, 3.63) is 92.4 Å². The van der Waals surface area contributed by atoms with Gasteiger partial charge >= 0.3 is 0 Å². The highest BCUT2D eigenvalue weighted by molar-refractivity contribution is 6.05. The lowest BCUT2D eigenvalue weighted by Crippen LogP contribution is -2.47. The number of nitro groups is 1. The third kappa shape index (κ3) is 3.89. The van der Waals surface area contributed by atoms with Gasteiger partial charge in [-0.15, -0.1) is 0 Å². The molecule has 0 radical (unpaired) electrons. The highest BCUT2D eigenvalue weighted by Gasteiger charge is 2.36. The highest BCUT2D eigenvalue weighted by atomic mass is 16.6. The molecule has 2 atom stereocenters. The molecular weight excluding hydrogens is 436 g/mol. The number of fused-ring (bicyclic) bond motifs is 4. The highest BCUT2D eigenvalue weighted by Crippen LogP contribution is 2.40. The maximum Gasteiger partial charge on any atom is 0.293 e. The van der Waals surface area contributed by atoms with Crippen molar-refractivity contribution in [2.75, 3.05) is 30.4 Å².